The van der Waals surface area contributed by atoms with Gasteiger partial charge in [0.2, 0.25) is 0 Å². The number of β-amino-alcohol motifs (C(OH)–C–C–N with tert-alkyl or cyclic N) is 1. The largest absolute Gasteiger partial charge is 0.392 e. The summed E-state index contributed by atoms with van der Waals surface area (Å²) in [4.78, 5) is 2.51. The van der Waals surface area contributed by atoms with Gasteiger partial charge in [0.1, 0.15) is 0 Å². The number of piperidine rings is 1. The number of aliphatic hydroxyl groups is 1. The third-order valence-electron chi connectivity index (χ3n) is 4.05. The molecule has 1 aliphatic carbocycles. The zero-order valence-corrected chi connectivity index (χ0v) is 9.78. The van der Waals surface area contributed by atoms with Crippen molar-refractivity contribution in [2.75, 3.05) is 20.1 Å². The molecule has 1 atom stereocenters. The van der Waals surface area contributed by atoms with E-state index in [0.29, 0.717) is 0 Å². The highest BCUT2D eigenvalue weighted by molar-refractivity contribution is 4.85. The highest BCUT2D eigenvalue weighted by Crippen LogP contribution is 2.25. The first-order valence-corrected chi connectivity index (χ1v) is 6.39. The van der Waals surface area contributed by atoms with Crippen LogP contribution in [-0.4, -0.2) is 48.3 Å². The van der Waals surface area contributed by atoms with Crippen molar-refractivity contribution >= 4 is 0 Å². The van der Waals surface area contributed by atoms with E-state index in [4.69, 9.17) is 0 Å². The molecule has 1 saturated heterocycles. The van der Waals surface area contributed by atoms with Crippen LogP contribution in [0.5, 0.6) is 0 Å². The summed E-state index contributed by atoms with van der Waals surface area (Å²) in [6.45, 7) is 2.11. The van der Waals surface area contributed by atoms with Gasteiger partial charge in [0.15, 0.2) is 0 Å². The lowest BCUT2D eigenvalue weighted by atomic mass is 9.89. The molecule has 3 nitrogen and oxygen atoms in total. The van der Waals surface area contributed by atoms with Crippen LogP contribution in [0.1, 0.15) is 38.5 Å². The molecule has 88 valence electrons. The van der Waals surface area contributed by atoms with Gasteiger partial charge in [0.25, 0.3) is 0 Å². The fourth-order valence-electron chi connectivity index (χ4n) is 3.04. The van der Waals surface area contributed by atoms with Crippen molar-refractivity contribution in [1.82, 2.24) is 10.2 Å². The summed E-state index contributed by atoms with van der Waals surface area (Å²) in [5.41, 5.74) is 0. The Labute approximate surface area is 92.8 Å². The van der Waals surface area contributed by atoms with E-state index >= 15 is 0 Å². The van der Waals surface area contributed by atoms with Crippen molar-refractivity contribution in [3.63, 3.8) is 0 Å². The zero-order chi connectivity index (χ0) is 10.7. The molecule has 2 fully saturated rings. The zero-order valence-electron chi connectivity index (χ0n) is 9.78. The topological polar surface area (TPSA) is 35.5 Å². The normalized spacial score (nSPS) is 39.2. The van der Waals surface area contributed by atoms with Crippen LogP contribution in [0.4, 0.5) is 0 Å². The third-order valence-corrected chi connectivity index (χ3v) is 4.05. The highest BCUT2D eigenvalue weighted by Gasteiger charge is 2.28. The molecule has 1 unspecified atom stereocenters. The molecule has 0 aromatic carbocycles. The average molecular weight is 212 g/mol. The molecular formula is C12H24N2O. The first-order chi connectivity index (χ1) is 7.29. The monoisotopic (exact) mass is 212 g/mol. The van der Waals surface area contributed by atoms with Crippen LogP contribution in [0.3, 0.4) is 0 Å². The predicted molar refractivity (Wildman–Crippen MR) is 61.9 cm³/mol. The fraction of sp³-hybridized carbons (Fsp3) is 1.00. The Morgan fingerprint density at radius 2 is 1.87 bits per heavy atom. The van der Waals surface area contributed by atoms with Gasteiger partial charge in [0, 0.05) is 18.6 Å². The Bertz CT molecular complexity index is 190. The van der Waals surface area contributed by atoms with E-state index in [9.17, 15) is 5.11 Å². The van der Waals surface area contributed by atoms with Crippen molar-refractivity contribution in [1.29, 1.82) is 0 Å². The lowest BCUT2D eigenvalue weighted by Crippen LogP contribution is -2.47. The smallest absolute Gasteiger partial charge is 0.0667 e. The molecule has 0 aromatic heterocycles. The van der Waals surface area contributed by atoms with Crippen molar-refractivity contribution in [3.8, 4) is 0 Å². The summed E-state index contributed by atoms with van der Waals surface area (Å²) >= 11 is 0. The van der Waals surface area contributed by atoms with Crippen LogP contribution in [-0.2, 0) is 0 Å². The van der Waals surface area contributed by atoms with Gasteiger partial charge in [-0.15, -0.1) is 0 Å². The Morgan fingerprint density at radius 1 is 1.13 bits per heavy atom. The Balaban J connectivity index is 1.79. The van der Waals surface area contributed by atoms with E-state index < -0.39 is 0 Å². The van der Waals surface area contributed by atoms with Crippen LogP contribution < -0.4 is 5.32 Å². The molecule has 0 radical (unpaired) electrons. The van der Waals surface area contributed by atoms with Crippen molar-refractivity contribution < 1.29 is 5.11 Å². The summed E-state index contributed by atoms with van der Waals surface area (Å²) in [6.07, 6.45) is 7.31. The number of hydrogen-bond acceptors (Lipinski definition) is 3. The van der Waals surface area contributed by atoms with E-state index in [2.05, 4.69) is 17.3 Å². The highest BCUT2D eigenvalue weighted by atomic mass is 16.3. The SMILES string of the molecule is CNC1CCC(N2CCCC(O)C2)CC1. The maximum Gasteiger partial charge on any atom is 0.0667 e. The first kappa shape index (κ1) is 11.4. The van der Waals surface area contributed by atoms with E-state index in [1.165, 1.54) is 38.6 Å². The molecule has 2 rings (SSSR count). The number of aliphatic hydroxyl groups excluding tert-OH is 1. The molecule has 1 saturated carbocycles. The van der Waals surface area contributed by atoms with Crippen molar-refractivity contribution in [2.45, 2.75) is 56.7 Å². The summed E-state index contributed by atoms with van der Waals surface area (Å²) in [6, 6.07) is 1.47. The molecule has 1 aliphatic heterocycles. The first-order valence-electron chi connectivity index (χ1n) is 6.39. The second kappa shape index (κ2) is 5.28. The van der Waals surface area contributed by atoms with E-state index in [-0.39, 0.29) is 6.10 Å². The number of nitrogens with one attached hydrogen (secondary N) is 1. The quantitative estimate of drug-likeness (QED) is 0.716. The number of hydrogen-bond donors (Lipinski definition) is 2. The fourth-order valence-corrected chi connectivity index (χ4v) is 3.04. The molecule has 1 heterocycles. The van der Waals surface area contributed by atoms with Gasteiger partial charge in [-0.1, -0.05) is 0 Å². The Kier molecular flexibility index (Phi) is 4.00. The lowest BCUT2D eigenvalue weighted by Gasteiger charge is -2.40. The molecule has 3 heteroatoms. The van der Waals surface area contributed by atoms with Gasteiger partial charge >= 0.3 is 0 Å². The van der Waals surface area contributed by atoms with Crippen LogP contribution in [0.25, 0.3) is 0 Å². The minimum Gasteiger partial charge on any atom is -0.392 e. The molecule has 0 spiro atoms. The minimum atomic E-state index is -0.0687. The third kappa shape index (κ3) is 2.92. The van der Waals surface area contributed by atoms with E-state index in [0.717, 1.165) is 25.0 Å². The van der Waals surface area contributed by atoms with Gasteiger partial charge in [-0.25, -0.2) is 0 Å². The van der Waals surface area contributed by atoms with Gasteiger partial charge in [-0.05, 0) is 52.1 Å². The maximum atomic E-state index is 9.65. The van der Waals surface area contributed by atoms with E-state index in [1.54, 1.807) is 0 Å². The van der Waals surface area contributed by atoms with E-state index in [1.807, 2.05) is 0 Å². The summed E-state index contributed by atoms with van der Waals surface area (Å²) in [7, 11) is 2.07. The number of nitrogens with zero attached hydrogens (tertiary/aromatic N) is 1. The summed E-state index contributed by atoms with van der Waals surface area (Å²) in [5, 5.41) is 13.0. The lowest BCUT2D eigenvalue weighted by molar-refractivity contribution is 0.0337. The van der Waals surface area contributed by atoms with Crippen LogP contribution in [0, 0.1) is 0 Å². The Hall–Kier alpha value is -0.120. The predicted octanol–water partition coefficient (Wildman–Crippen LogP) is 0.974. The summed E-state index contributed by atoms with van der Waals surface area (Å²) in [5.74, 6) is 0. The molecule has 0 amide bonds. The van der Waals surface area contributed by atoms with Crippen molar-refractivity contribution in [3.05, 3.63) is 0 Å². The van der Waals surface area contributed by atoms with Crippen molar-refractivity contribution in [2.24, 2.45) is 0 Å². The van der Waals surface area contributed by atoms with Crippen LogP contribution >= 0.6 is 0 Å². The van der Waals surface area contributed by atoms with Gasteiger partial charge in [-0.2, -0.15) is 0 Å². The second-order valence-corrected chi connectivity index (χ2v) is 5.09. The molecule has 0 bridgehead atoms. The van der Waals surface area contributed by atoms with Crippen LogP contribution in [0.2, 0.25) is 0 Å². The molecule has 15 heavy (non-hydrogen) atoms. The summed E-state index contributed by atoms with van der Waals surface area (Å²) < 4.78 is 0. The second-order valence-electron chi connectivity index (χ2n) is 5.09. The number of likely N-dealkylation sites (tertiary alicyclic amines) is 1. The number of rotatable bonds is 2. The average Bonchev–Trinajstić information content (AvgIpc) is 2.29. The maximum absolute atomic E-state index is 9.65. The van der Waals surface area contributed by atoms with Crippen LogP contribution in [0.15, 0.2) is 0 Å². The molecular weight excluding hydrogens is 188 g/mol. The Morgan fingerprint density at radius 3 is 2.47 bits per heavy atom. The minimum absolute atomic E-state index is 0.0687. The molecule has 2 N–H and O–H groups in total. The molecule has 0 aromatic rings. The van der Waals surface area contributed by atoms with Gasteiger partial charge in [0.05, 0.1) is 6.10 Å². The van der Waals surface area contributed by atoms with Gasteiger partial charge in [-0.3, -0.25) is 4.90 Å². The van der Waals surface area contributed by atoms with Gasteiger partial charge < -0.3 is 10.4 Å². The molecule has 2 aliphatic rings. The standard InChI is InChI=1S/C12H24N2O/c1-13-10-4-6-11(7-5-10)14-8-2-3-12(15)9-14/h10-13,15H,2-9H2,1H3.